The largest absolute Gasteiger partial charge is 0.460 e. The van der Waals surface area contributed by atoms with E-state index < -0.39 is 5.97 Å². The molecular weight excluding hydrogens is 634 g/mol. The Hall–Kier alpha value is -1.31. The van der Waals surface area contributed by atoms with Crippen molar-refractivity contribution in [2.24, 2.45) is 0 Å². The van der Waals surface area contributed by atoms with E-state index in [0.29, 0.717) is 164 Å². The molecule has 15 nitrogen and oxygen atoms in total. The fourth-order valence-corrected chi connectivity index (χ4v) is 3.85. The monoisotopic (exact) mass is 697 g/mol. The molecule has 0 radical (unpaired) electrons. The van der Waals surface area contributed by atoms with E-state index in [1.54, 1.807) is 6.92 Å². The Kier molecular flexibility index (Phi) is 34.4. The van der Waals surface area contributed by atoms with Crippen LogP contribution in [0.15, 0.2) is 12.2 Å². The summed E-state index contributed by atoms with van der Waals surface area (Å²) < 4.78 is 70.8. The Morgan fingerprint density at radius 2 is 0.708 bits per heavy atom. The Bertz CT molecular complexity index is 699. The second-order valence-corrected chi connectivity index (χ2v) is 10.5. The van der Waals surface area contributed by atoms with Gasteiger partial charge in [-0.15, -0.1) is 0 Å². The van der Waals surface area contributed by atoms with Gasteiger partial charge in [0.05, 0.1) is 158 Å². The first-order valence-corrected chi connectivity index (χ1v) is 17.2. The van der Waals surface area contributed by atoms with E-state index in [0.717, 1.165) is 25.9 Å². The molecule has 0 spiro atoms. The van der Waals surface area contributed by atoms with Crippen molar-refractivity contribution < 1.29 is 66.4 Å². The topological polar surface area (TPSA) is 149 Å². The molecule has 0 amide bonds. The third-order valence-corrected chi connectivity index (χ3v) is 6.40. The van der Waals surface area contributed by atoms with Crippen molar-refractivity contribution in [3.8, 4) is 0 Å². The van der Waals surface area contributed by atoms with Crippen molar-refractivity contribution in [3.05, 3.63) is 12.2 Å². The minimum atomic E-state index is -0.413. The standard InChI is InChI=1S/C33H63NO14/c1-31(2)33(35)48-30-28-46-26-24-44-22-20-42-18-16-40-14-12-38-10-8-36-7-9-37-11-13-39-15-17-41-19-21-43-23-25-45-27-29-47-32-3-5-34-6-4-32/h32,34H,1,3-30H2,2H3. The van der Waals surface area contributed by atoms with Crippen LogP contribution in [0.1, 0.15) is 19.8 Å². The Balaban J connectivity index is 1.61. The van der Waals surface area contributed by atoms with Crippen molar-refractivity contribution in [2.45, 2.75) is 25.9 Å². The molecule has 0 unspecified atom stereocenters. The van der Waals surface area contributed by atoms with Crippen LogP contribution >= 0.6 is 0 Å². The molecule has 1 N–H and O–H groups in total. The quantitative estimate of drug-likeness (QED) is 0.0556. The van der Waals surface area contributed by atoms with Gasteiger partial charge in [0.1, 0.15) is 6.61 Å². The normalized spacial score (nSPS) is 13.7. The molecule has 48 heavy (non-hydrogen) atoms. The van der Waals surface area contributed by atoms with Crippen LogP contribution in [0.4, 0.5) is 0 Å². The minimum Gasteiger partial charge on any atom is -0.460 e. The lowest BCUT2D eigenvalue weighted by atomic mass is 10.1. The van der Waals surface area contributed by atoms with Crippen molar-refractivity contribution in [3.63, 3.8) is 0 Å². The van der Waals surface area contributed by atoms with E-state index in [9.17, 15) is 4.79 Å². The zero-order valence-electron chi connectivity index (χ0n) is 29.3. The smallest absolute Gasteiger partial charge is 0.333 e. The molecule has 0 saturated carbocycles. The van der Waals surface area contributed by atoms with E-state index in [2.05, 4.69) is 11.9 Å². The number of esters is 1. The highest BCUT2D eigenvalue weighted by atomic mass is 16.6. The van der Waals surface area contributed by atoms with Crippen molar-refractivity contribution in [2.75, 3.05) is 172 Å². The fourth-order valence-electron chi connectivity index (χ4n) is 3.85. The molecule has 284 valence electrons. The maximum atomic E-state index is 11.2. The molecular formula is C33H63NO14. The van der Waals surface area contributed by atoms with Crippen LogP contribution in [0.3, 0.4) is 0 Å². The van der Waals surface area contributed by atoms with Gasteiger partial charge in [0.25, 0.3) is 0 Å². The molecule has 0 atom stereocenters. The van der Waals surface area contributed by atoms with E-state index in [1.807, 2.05) is 0 Å². The molecule has 0 aromatic rings. The number of hydrogen-bond donors (Lipinski definition) is 1. The van der Waals surface area contributed by atoms with Crippen LogP contribution in [0.25, 0.3) is 0 Å². The van der Waals surface area contributed by atoms with Gasteiger partial charge in [-0.2, -0.15) is 0 Å². The molecule has 15 heteroatoms. The number of carbonyl (C=O) groups excluding carboxylic acids is 1. The van der Waals surface area contributed by atoms with Crippen LogP contribution in [0, 0.1) is 0 Å². The SMILES string of the molecule is C=C(C)C(=O)OCCOCCOCCOCCOCCOCCOCCOCCOCCOCCOCCOCCOC1CCNCC1. The lowest BCUT2D eigenvalue weighted by molar-refractivity contribution is -0.140. The van der Waals surface area contributed by atoms with Gasteiger partial charge in [-0.3, -0.25) is 0 Å². The Morgan fingerprint density at radius 1 is 0.458 bits per heavy atom. The average Bonchev–Trinajstić information content (AvgIpc) is 3.10. The van der Waals surface area contributed by atoms with E-state index in [1.165, 1.54) is 0 Å². The summed E-state index contributed by atoms with van der Waals surface area (Å²) in [6.07, 6.45) is 2.52. The summed E-state index contributed by atoms with van der Waals surface area (Å²) in [4.78, 5) is 11.2. The zero-order valence-corrected chi connectivity index (χ0v) is 29.3. The van der Waals surface area contributed by atoms with Crippen LogP contribution in [-0.2, 0) is 66.4 Å². The maximum absolute atomic E-state index is 11.2. The van der Waals surface area contributed by atoms with Gasteiger partial charge in [-0.1, -0.05) is 6.58 Å². The third-order valence-electron chi connectivity index (χ3n) is 6.40. The first-order valence-electron chi connectivity index (χ1n) is 17.2. The Labute approximate surface area is 287 Å². The second kappa shape index (κ2) is 37.0. The first-order chi connectivity index (χ1) is 23.7. The van der Waals surface area contributed by atoms with Crippen molar-refractivity contribution in [1.82, 2.24) is 5.32 Å². The van der Waals surface area contributed by atoms with Gasteiger partial charge in [-0.25, -0.2) is 4.79 Å². The molecule has 1 heterocycles. The van der Waals surface area contributed by atoms with Gasteiger partial charge in [0.2, 0.25) is 0 Å². The van der Waals surface area contributed by atoms with Crippen LogP contribution in [-0.4, -0.2) is 184 Å². The zero-order chi connectivity index (χ0) is 34.4. The molecule has 0 aromatic heterocycles. The number of ether oxygens (including phenoxy) is 13. The molecule has 1 aliphatic heterocycles. The predicted octanol–water partition coefficient (Wildman–Crippen LogP) is 1.06. The van der Waals surface area contributed by atoms with E-state index in [-0.39, 0.29) is 6.61 Å². The summed E-state index contributed by atoms with van der Waals surface area (Å²) in [5.74, 6) is -0.413. The molecule has 1 fully saturated rings. The molecule has 0 aliphatic carbocycles. The number of nitrogens with one attached hydrogen (secondary N) is 1. The van der Waals surface area contributed by atoms with Crippen LogP contribution in [0.5, 0.6) is 0 Å². The average molecular weight is 698 g/mol. The second-order valence-electron chi connectivity index (χ2n) is 10.5. The van der Waals surface area contributed by atoms with E-state index in [4.69, 9.17) is 61.6 Å². The minimum absolute atomic E-state index is 0.199. The summed E-state index contributed by atoms with van der Waals surface area (Å²) in [6.45, 7) is 18.9. The van der Waals surface area contributed by atoms with Crippen molar-refractivity contribution >= 4 is 5.97 Å². The van der Waals surface area contributed by atoms with Gasteiger partial charge < -0.3 is 66.9 Å². The molecule has 0 bridgehead atoms. The molecule has 1 aliphatic rings. The predicted molar refractivity (Wildman–Crippen MR) is 177 cm³/mol. The summed E-state index contributed by atoms with van der Waals surface area (Å²) in [5.41, 5.74) is 0.370. The van der Waals surface area contributed by atoms with Gasteiger partial charge in [0.15, 0.2) is 0 Å². The molecule has 1 saturated heterocycles. The summed E-state index contributed by atoms with van der Waals surface area (Å²) >= 11 is 0. The number of piperidine rings is 1. The van der Waals surface area contributed by atoms with Crippen LogP contribution < -0.4 is 5.32 Å². The maximum Gasteiger partial charge on any atom is 0.333 e. The molecule has 0 aromatic carbocycles. The first kappa shape index (κ1) is 44.7. The van der Waals surface area contributed by atoms with Gasteiger partial charge in [0, 0.05) is 5.57 Å². The number of hydrogen-bond acceptors (Lipinski definition) is 15. The van der Waals surface area contributed by atoms with Crippen molar-refractivity contribution in [1.29, 1.82) is 0 Å². The highest BCUT2D eigenvalue weighted by molar-refractivity contribution is 5.86. The van der Waals surface area contributed by atoms with Crippen LogP contribution in [0.2, 0.25) is 0 Å². The lowest BCUT2D eigenvalue weighted by Gasteiger charge is -2.22. The van der Waals surface area contributed by atoms with E-state index >= 15 is 0 Å². The summed E-state index contributed by atoms with van der Waals surface area (Å²) in [5, 5.41) is 3.33. The summed E-state index contributed by atoms with van der Waals surface area (Å²) in [6, 6.07) is 0. The highest BCUT2D eigenvalue weighted by Gasteiger charge is 2.12. The molecule has 1 rings (SSSR count). The summed E-state index contributed by atoms with van der Waals surface area (Å²) in [7, 11) is 0. The van der Waals surface area contributed by atoms with Gasteiger partial charge >= 0.3 is 5.97 Å². The fraction of sp³-hybridized carbons (Fsp3) is 0.909. The number of carbonyl (C=O) groups is 1. The van der Waals surface area contributed by atoms with Gasteiger partial charge in [-0.05, 0) is 32.9 Å². The highest BCUT2D eigenvalue weighted by Crippen LogP contribution is 2.06. The lowest BCUT2D eigenvalue weighted by Crippen LogP contribution is -2.33. The third kappa shape index (κ3) is 33.2. The number of rotatable bonds is 38. The Morgan fingerprint density at radius 3 is 0.979 bits per heavy atom.